The van der Waals surface area contributed by atoms with Crippen molar-refractivity contribution in [1.82, 2.24) is 0 Å². The first-order valence-corrected chi connectivity index (χ1v) is 2.93. The first-order valence-electron chi connectivity index (χ1n) is 2.93. The fraction of sp³-hybridized carbons (Fsp3) is 0.333. The van der Waals surface area contributed by atoms with Gasteiger partial charge in [-0.05, 0) is 0 Å². The molecule has 0 aliphatic rings. The van der Waals surface area contributed by atoms with Gasteiger partial charge in [-0.3, -0.25) is 12.2 Å². The van der Waals surface area contributed by atoms with Gasteiger partial charge in [0.2, 0.25) is 0 Å². The molecule has 0 nitrogen and oxygen atoms in total. The largest absolute Gasteiger partial charge is 0.278 e. The van der Waals surface area contributed by atoms with Crippen molar-refractivity contribution in [3.05, 3.63) is 36.0 Å². The quantitative estimate of drug-likeness (QED) is 0.484. The van der Waals surface area contributed by atoms with Crippen LogP contribution in [0.1, 0.15) is 20.8 Å². The van der Waals surface area contributed by atoms with E-state index in [2.05, 4.69) is 18.7 Å². The van der Waals surface area contributed by atoms with Crippen molar-refractivity contribution >= 4 is 0 Å². The van der Waals surface area contributed by atoms with Crippen LogP contribution in [-0.4, -0.2) is 0 Å². The topological polar surface area (TPSA) is 0 Å². The van der Waals surface area contributed by atoms with Crippen LogP contribution in [0, 0.1) is 12.2 Å². The van der Waals surface area contributed by atoms with Crippen LogP contribution < -0.4 is 0 Å². The summed E-state index contributed by atoms with van der Waals surface area (Å²) in [7, 11) is 0. The molecular formula is C9H12Y-2. The molecule has 0 bridgehead atoms. The second-order valence-corrected chi connectivity index (χ2v) is 1.83. The fourth-order valence-corrected chi connectivity index (χ4v) is 0.443. The first kappa shape index (κ1) is 13.0. The van der Waals surface area contributed by atoms with E-state index in [0.717, 1.165) is 11.1 Å². The number of rotatable bonds is 2. The Morgan fingerprint density at radius 2 is 1.90 bits per heavy atom. The smallest absolute Gasteiger partial charge is 0 e. The van der Waals surface area contributed by atoms with Crippen molar-refractivity contribution in [2.45, 2.75) is 20.8 Å². The molecule has 0 rings (SSSR count). The van der Waals surface area contributed by atoms with E-state index in [4.69, 9.17) is 0 Å². The molecule has 0 heterocycles. The Morgan fingerprint density at radius 1 is 1.40 bits per heavy atom. The third-order valence-corrected chi connectivity index (χ3v) is 1.18. The molecule has 0 atom stereocenters. The molecule has 0 aromatic heterocycles. The summed E-state index contributed by atoms with van der Waals surface area (Å²) in [5.41, 5.74) is 2.07. The molecule has 0 aromatic carbocycles. The Labute approximate surface area is 89.0 Å². The van der Waals surface area contributed by atoms with Crippen molar-refractivity contribution < 1.29 is 32.7 Å². The summed E-state index contributed by atoms with van der Waals surface area (Å²) in [6.45, 7) is 9.51. The zero-order chi connectivity index (χ0) is 7.28. The maximum Gasteiger partial charge on any atom is 0 e. The number of allylic oxidation sites excluding steroid dienone is 5. The molecule has 0 aromatic rings. The molecule has 0 unspecified atom stereocenters. The predicted octanol–water partition coefficient (Wildman–Crippen LogP) is 2.69. The van der Waals surface area contributed by atoms with Crippen molar-refractivity contribution in [2.75, 3.05) is 0 Å². The summed E-state index contributed by atoms with van der Waals surface area (Å²) in [6, 6.07) is 0. The van der Waals surface area contributed by atoms with Crippen LogP contribution in [0.3, 0.4) is 0 Å². The molecule has 0 aliphatic heterocycles. The molecular weight excluding hydrogens is 197 g/mol. The molecule has 10 heavy (non-hydrogen) atoms. The van der Waals surface area contributed by atoms with E-state index in [1.54, 1.807) is 0 Å². The maximum absolute atomic E-state index is 3.80. The van der Waals surface area contributed by atoms with Crippen molar-refractivity contribution in [2.24, 2.45) is 0 Å². The summed E-state index contributed by atoms with van der Waals surface area (Å²) in [4.78, 5) is 0. The van der Waals surface area contributed by atoms with Gasteiger partial charge in [0, 0.05) is 32.7 Å². The maximum atomic E-state index is 3.80. The van der Waals surface area contributed by atoms with Crippen LogP contribution in [0.5, 0.6) is 0 Å². The van der Waals surface area contributed by atoms with E-state index in [-0.39, 0.29) is 32.7 Å². The molecule has 0 saturated heterocycles. The van der Waals surface area contributed by atoms with E-state index >= 15 is 0 Å². The summed E-state index contributed by atoms with van der Waals surface area (Å²) in [6.07, 6.45) is 7.75. The number of hydrogen-bond donors (Lipinski definition) is 0. The predicted molar refractivity (Wildman–Crippen MR) is 40.7 cm³/mol. The van der Waals surface area contributed by atoms with Crippen molar-refractivity contribution in [3.8, 4) is 0 Å². The monoisotopic (exact) mass is 209 g/mol. The Hall–Kier alpha value is 0.324. The second-order valence-electron chi connectivity index (χ2n) is 1.83. The zero-order valence-electron chi connectivity index (χ0n) is 6.86. The van der Waals surface area contributed by atoms with Gasteiger partial charge in [-0.1, -0.05) is 6.92 Å². The minimum Gasteiger partial charge on any atom is -0.278 e. The van der Waals surface area contributed by atoms with Gasteiger partial charge in [-0.2, -0.15) is 12.2 Å². The Bertz CT molecular complexity index is 152. The van der Waals surface area contributed by atoms with Gasteiger partial charge in [0.1, 0.15) is 0 Å². The SMILES string of the molecule is C=C(C=[C-]C)C(C)=[C-]C.[Y]. The minimum atomic E-state index is 0. The number of hydrogen-bond acceptors (Lipinski definition) is 0. The molecule has 0 spiro atoms. The van der Waals surface area contributed by atoms with Gasteiger partial charge < -0.3 is 0 Å². The van der Waals surface area contributed by atoms with Gasteiger partial charge in [0.15, 0.2) is 0 Å². The third kappa shape index (κ3) is 5.14. The van der Waals surface area contributed by atoms with Crippen LogP contribution in [-0.2, 0) is 32.7 Å². The molecule has 0 saturated carbocycles. The Kier molecular flexibility index (Phi) is 9.63. The molecule has 53 valence electrons. The molecule has 0 aliphatic carbocycles. The van der Waals surface area contributed by atoms with E-state index in [9.17, 15) is 0 Å². The van der Waals surface area contributed by atoms with Crippen LogP contribution in [0.15, 0.2) is 23.8 Å². The van der Waals surface area contributed by atoms with E-state index < -0.39 is 0 Å². The molecule has 0 amide bonds. The standard InChI is InChI=1S/C9H12.Y/c1-5-7-9(4)8(3)6-2;/h7H,4H2,1-3H3;/q-2;. The molecule has 1 heteroatoms. The van der Waals surface area contributed by atoms with E-state index in [0.29, 0.717) is 0 Å². The van der Waals surface area contributed by atoms with E-state index in [1.165, 1.54) is 0 Å². The van der Waals surface area contributed by atoms with E-state index in [1.807, 2.05) is 26.8 Å². The molecule has 0 fully saturated rings. The zero-order valence-corrected chi connectivity index (χ0v) is 9.70. The Balaban J connectivity index is 0. The first-order chi connectivity index (χ1) is 4.22. The van der Waals surface area contributed by atoms with Crippen LogP contribution in [0.4, 0.5) is 0 Å². The second kappa shape index (κ2) is 7.43. The minimum absolute atomic E-state index is 0. The summed E-state index contributed by atoms with van der Waals surface area (Å²) < 4.78 is 0. The van der Waals surface area contributed by atoms with Gasteiger partial charge in [0.05, 0.1) is 0 Å². The average molecular weight is 209 g/mol. The average Bonchev–Trinajstić information content (AvgIpc) is 1.87. The van der Waals surface area contributed by atoms with Crippen molar-refractivity contribution in [1.29, 1.82) is 0 Å². The molecule has 0 N–H and O–H groups in total. The third-order valence-electron chi connectivity index (χ3n) is 1.18. The van der Waals surface area contributed by atoms with Gasteiger partial charge in [-0.15, -0.1) is 13.8 Å². The van der Waals surface area contributed by atoms with Gasteiger partial charge in [-0.25, -0.2) is 11.6 Å². The van der Waals surface area contributed by atoms with Gasteiger partial charge in [0.25, 0.3) is 0 Å². The fourth-order valence-electron chi connectivity index (χ4n) is 0.443. The van der Waals surface area contributed by atoms with Gasteiger partial charge >= 0.3 is 0 Å². The summed E-state index contributed by atoms with van der Waals surface area (Å²) in [5.74, 6) is 0. The summed E-state index contributed by atoms with van der Waals surface area (Å²) in [5, 5.41) is 0. The Morgan fingerprint density at radius 3 is 2.20 bits per heavy atom. The van der Waals surface area contributed by atoms with Crippen LogP contribution in [0.25, 0.3) is 0 Å². The van der Waals surface area contributed by atoms with Crippen LogP contribution in [0.2, 0.25) is 0 Å². The molecule has 1 radical (unpaired) electrons. The normalized spacial score (nSPS) is 11.3. The summed E-state index contributed by atoms with van der Waals surface area (Å²) >= 11 is 0. The van der Waals surface area contributed by atoms with Crippen LogP contribution >= 0.6 is 0 Å². The van der Waals surface area contributed by atoms with Crippen molar-refractivity contribution in [3.63, 3.8) is 0 Å².